The molecule has 11 heteroatoms. The Morgan fingerprint density at radius 2 is 1.70 bits per heavy atom. The van der Waals surface area contributed by atoms with Crippen molar-refractivity contribution < 1.29 is 17.6 Å². The predicted octanol–water partition coefficient (Wildman–Crippen LogP) is 5.89. The lowest BCUT2D eigenvalue weighted by Gasteiger charge is -2.27. The van der Waals surface area contributed by atoms with Gasteiger partial charge in [0.2, 0.25) is 5.91 Å². The van der Waals surface area contributed by atoms with Crippen LogP contribution in [0.25, 0.3) is 22.2 Å². The number of halogens is 1. The van der Waals surface area contributed by atoms with Crippen molar-refractivity contribution in [3.8, 4) is 11.4 Å². The third-order valence-corrected chi connectivity index (χ3v) is 9.02. The maximum Gasteiger partial charge on any atom is 0.265 e. The van der Waals surface area contributed by atoms with Crippen LogP contribution in [0.3, 0.4) is 0 Å². The number of sulfonamides is 1. The number of rotatable bonds is 7. The summed E-state index contributed by atoms with van der Waals surface area (Å²) in [4.78, 5) is 13.2. The van der Waals surface area contributed by atoms with E-state index in [1.165, 1.54) is 12.1 Å². The zero-order valence-electron chi connectivity index (χ0n) is 22.0. The first-order valence-electron chi connectivity index (χ1n) is 12.4. The van der Waals surface area contributed by atoms with Crippen LogP contribution in [0.4, 0.5) is 15.8 Å². The van der Waals surface area contributed by atoms with E-state index in [1.54, 1.807) is 73.1 Å². The number of nitrogens with zero attached hydrogens (tertiary/aromatic N) is 3. The minimum Gasteiger partial charge on any atom is -0.325 e. The molecule has 0 bridgehead atoms. The first-order valence-corrected chi connectivity index (χ1v) is 14.2. The zero-order valence-corrected chi connectivity index (χ0v) is 23.6. The number of anilines is 2. The number of H-pyrrole nitrogens is 1. The lowest BCUT2D eigenvalue weighted by atomic mass is 10.1. The van der Waals surface area contributed by atoms with E-state index in [0.717, 1.165) is 21.5 Å². The Bertz CT molecular complexity index is 1910. The standard InChI is InChI=1S/C29H26FN5O3S2/c1-18-7-6-10-25(19(18)2)35(40(37,38)26-16-15-24(30)22-8-4-5-9-23(22)26)17-27(36)31-21-13-11-20(12-14-21)28-32-33-29(39)34(28)3/h4-16H,17H2,1-3H3,(H,31,36)(H,33,39). The largest absolute Gasteiger partial charge is 0.325 e. The molecule has 8 nitrogen and oxygen atoms in total. The SMILES string of the molecule is Cc1cccc(N(CC(=O)Nc2ccc(-c3n[nH]c(=S)n3C)cc2)S(=O)(=O)c2ccc(F)c3ccccc23)c1C. The lowest BCUT2D eigenvalue weighted by Crippen LogP contribution is -2.38. The highest BCUT2D eigenvalue weighted by Crippen LogP contribution is 2.33. The summed E-state index contributed by atoms with van der Waals surface area (Å²) in [5.41, 5.74) is 3.21. The summed E-state index contributed by atoms with van der Waals surface area (Å²) in [5.74, 6) is -0.426. The van der Waals surface area contributed by atoms with Crippen LogP contribution in [0, 0.1) is 24.4 Å². The summed E-state index contributed by atoms with van der Waals surface area (Å²) in [6.07, 6.45) is 0. The molecule has 0 fully saturated rings. The predicted molar refractivity (Wildman–Crippen MR) is 157 cm³/mol. The Balaban J connectivity index is 1.50. The highest BCUT2D eigenvalue weighted by atomic mass is 32.2. The smallest absolute Gasteiger partial charge is 0.265 e. The average molecular weight is 576 g/mol. The van der Waals surface area contributed by atoms with E-state index in [1.807, 2.05) is 13.0 Å². The summed E-state index contributed by atoms with van der Waals surface area (Å²) in [6.45, 7) is 3.18. The second kappa shape index (κ2) is 10.7. The van der Waals surface area contributed by atoms with Crippen LogP contribution < -0.4 is 9.62 Å². The molecular formula is C29H26FN5O3S2. The van der Waals surface area contributed by atoms with Crippen molar-refractivity contribution in [2.24, 2.45) is 7.05 Å². The number of carbonyl (C=O) groups is 1. The van der Waals surface area contributed by atoms with Crippen LogP contribution in [0.2, 0.25) is 0 Å². The van der Waals surface area contributed by atoms with E-state index in [2.05, 4.69) is 15.5 Å². The number of aryl methyl sites for hydroxylation is 1. The Hall–Kier alpha value is -4.35. The van der Waals surface area contributed by atoms with Gasteiger partial charge in [-0.2, -0.15) is 5.10 Å². The van der Waals surface area contributed by atoms with Gasteiger partial charge in [-0.25, -0.2) is 12.8 Å². The monoisotopic (exact) mass is 575 g/mol. The van der Waals surface area contributed by atoms with Crippen LogP contribution in [0.1, 0.15) is 11.1 Å². The molecule has 40 heavy (non-hydrogen) atoms. The first kappa shape index (κ1) is 27.2. The highest BCUT2D eigenvalue weighted by Gasteiger charge is 2.30. The highest BCUT2D eigenvalue weighted by molar-refractivity contribution is 7.93. The van der Waals surface area contributed by atoms with E-state index in [-0.39, 0.29) is 15.7 Å². The Kier molecular flexibility index (Phi) is 7.26. The molecule has 5 rings (SSSR count). The van der Waals surface area contributed by atoms with Gasteiger partial charge in [0.15, 0.2) is 10.6 Å². The van der Waals surface area contributed by atoms with E-state index < -0.39 is 28.3 Å². The molecule has 0 saturated heterocycles. The molecule has 0 atom stereocenters. The van der Waals surface area contributed by atoms with Gasteiger partial charge in [-0.05, 0) is 79.7 Å². The average Bonchev–Trinajstić information content (AvgIpc) is 3.27. The number of aromatic amines is 1. The molecule has 5 aromatic rings. The zero-order chi connectivity index (χ0) is 28.6. The van der Waals surface area contributed by atoms with E-state index >= 15 is 0 Å². The van der Waals surface area contributed by atoms with E-state index in [4.69, 9.17) is 12.2 Å². The number of benzene rings is 4. The van der Waals surface area contributed by atoms with Gasteiger partial charge in [-0.3, -0.25) is 14.2 Å². The van der Waals surface area contributed by atoms with Crippen LogP contribution in [-0.4, -0.2) is 35.6 Å². The van der Waals surface area contributed by atoms with Gasteiger partial charge in [-0.15, -0.1) is 0 Å². The van der Waals surface area contributed by atoms with Crippen LogP contribution in [0.15, 0.2) is 83.8 Å². The van der Waals surface area contributed by atoms with Crippen LogP contribution in [0.5, 0.6) is 0 Å². The molecule has 0 unspecified atom stereocenters. The fraction of sp³-hybridized carbons (Fsp3) is 0.138. The summed E-state index contributed by atoms with van der Waals surface area (Å²) >= 11 is 5.17. The van der Waals surface area contributed by atoms with Crippen molar-refractivity contribution in [2.75, 3.05) is 16.2 Å². The van der Waals surface area contributed by atoms with Gasteiger partial charge in [0.1, 0.15) is 12.4 Å². The topological polar surface area (TPSA) is 100 Å². The maximum absolute atomic E-state index is 14.5. The molecule has 0 aliphatic heterocycles. The number of carbonyl (C=O) groups excluding carboxylic acids is 1. The van der Waals surface area contributed by atoms with Crippen molar-refractivity contribution in [2.45, 2.75) is 18.7 Å². The molecular weight excluding hydrogens is 549 g/mol. The van der Waals surface area contributed by atoms with Gasteiger partial charge in [0.05, 0.1) is 10.6 Å². The van der Waals surface area contributed by atoms with Crippen molar-refractivity contribution in [3.63, 3.8) is 0 Å². The lowest BCUT2D eigenvalue weighted by molar-refractivity contribution is -0.114. The van der Waals surface area contributed by atoms with Crippen LogP contribution >= 0.6 is 12.2 Å². The van der Waals surface area contributed by atoms with E-state index in [9.17, 15) is 17.6 Å². The number of amides is 1. The van der Waals surface area contributed by atoms with Gasteiger partial charge in [0.25, 0.3) is 10.0 Å². The number of aromatic nitrogens is 3. The molecule has 1 aromatic heterocycles. The number of hydrogen-bond donors (Lipinski definition) is 2. The Labute approximate surface area is 236 Å². The summed E-state index contributed by atoms with van der Waals surface area (Å²) in [5, 5.41) is 10.1. The molecule has 0 radical (unpaired) electrons. The minimum absolute atomic E-state index is 0.0875. The molecule has 1 amide bonds. The first-order chi connectivity index (χ1) is 19.1. The normalized spacial score (nSPS) is 11.5. The molecule has 204 valence electrons. The summed E-state index contributed by atoms with van der Waals surface area (Å²) < 4.78 is 46.1. The van der Waals surface area contributed by atoms with Crippen LogP contribution in [-0.2, 0) is 21.9 Å². The van der Waals surface area contributed by atoms with Crippen molar-refractivity contribution in [1.29, 1.82) is 0 Å². The molecule has 0 spiro atoms. The quantitative estimate of drug-likeness (QED) is 0.236. The summed E-state index contributed by atoms with van der Waals surface area (Å²) in [6, 6.07) is 21.0. The van der Waals surface area contributed by atoms with Crippen molar-refractivity contribution in [3.05, 3.63) is 101 Å². The Morgan fingerprint density at radius 3 is 2.38 bits per heavy atom. The van der Waals surface area contributed by atoms with Gasteiger partial charge < -0.3 is 9.88 Å². The fourth-order valence-electron chi connectivity index (χ4n) is 4.52. The molecule has 2 N–H and O–H groups in total. The minimum atomic E-state index is -4.29. The number of hydrogen-bond acceptors (Lipinski definition) is 5. The summed E-state index contributed by atoms with van der Waals surface area (Å²) in [7, 11) is -2.49. The molecule has 0 saturated carbocycles. The third-order valence-electron chi connectivity index (χ3n) is 6.84. The second-order valence-electron chi connectivity index (χ2n) is 9.36. The van der Waals surface area contributed by atoms with Gasteiger partial charge in [0, 0.05) is 29.1 Å². The second-order valence-corrected chi connectivity index (χ2v) is 11.6. The Morgan fingerprint density at radius 1 is 1.00 bits per heavy atom. The third kappa shape index (κ3) is 5.01. The van der Waals surface area contributed by atoms with Gasteiger partial charge in [-0.1, -0.05) is 36.4 Å². The van der Waals surface area contributed by atoms with Crippen molar-refractivity contribution in [1.82, 2.24) is 14.8 Å². The number of fused-ring (bicyclic) bond motifs is 1. The molecule has 1 heterocycles. The molecule has 0 aliphatic rings. The number of nitrogens with one attached hydrogen (secondary N) is 2. The van der Waals surface area contributed by atoms with Gasteiger partial charge >= 0.3 is 0 Å². The molecule has 4 aromatic carbocycles. The molecule has 0 aliphatic carbocycles. The maximum atomic E-state index is 14.5. The van der Waals surface area contributed by atoms with Crippen molar-refractivity contribution >= 4 is 50.3 Å². The van der Waals surface area contributed by atoms with E-state index in [0.29, 0.717) is 27.5 Å². The fourth-order valence-corrected chi connectivity index (χ4v) is 6.33.